The molecule has 0 unspecified atom stereocenters. The summed E-state index contributed by atoms with van der Waals surface area (Å²) >= 11 is 13.6. The summed E-state index contributed by atoms with van der Waals surface area (Å²) in [5.41, 5.74) is 1.16. The van der Waals surface area contributed by atoms with Crippen LogP contribution in [0.2, 0.25) is 10.0 Å². The number of benzene rings is 3. The third-order valence-corrected chi connectivity index (χ3v) is 6.12. The van der Waals surface area contributed by atoms with Gasteiger partial charge in [0.1, 0.15) is 10.6 Å². The molecule has 0 spiro atoms. The zero-order chi connectivity index (χ0) is 20.4. The Morgan fingerprint density at radius 1 is 0.759 bits per heavy atom. The van der Waals surface area contributed by atoms with Gasteiger partial charge in [0, 0.05) is 10.6 Å². The maximum absolute atomic E-state index is 13.3. The molecule has 0 saturated heterocycles. The van der Waals surface area contributed by atoms with Gasteiger partial charge in [0.05, 0.1) is 15.7 Å². The van der Waals surface area contributed by atoms with Crippen LogP contribution in [-0.2, 0) is 9.59 Å². The van der Waals surface area contributed by atoms with E-state index in [0.29, 0.717) is 10.6 Å². The highest BCUT2D eigenvalue weighted by molar-refractivity contribution is 8.04. The van der Waals surface area contributed by atoms with Gasteiger partial charge in [-0.05, 0) is 36.4 Å². The van der Waals surface area contributed by atoms with Crippen LogP contribution in [0.1, 0.15) is 0 Å². The van der Waals surface area contributed by atoms with Gasteiger partial charge in [-0.1, -0.05) is 77.4 Å². The molecule has 3 aromatic rings. The van der Waals surface area contributed by atoms with Gasteiger partial charge in [-0.3, -0.25) is 9.59 Å². The summed E-state index contributed by atoms with van der Waals surface area (Å²) in [5.74, 6) is -0.937. The summed E-state index contributed by atoms with van der Waals surface area (Å²) in [4.78, 5) is 28.7. The van der Waals surface area contributed by atoms with Crippen LogP contribution in [0, 0.1) is 0 Å². The number of anilines is 2. The van der Waals surface area contributed by atoms with Crippen LogP contribution in [0.5, 0.6) is 0 Å². The Bertz CT molecular complexity index is 1050. The van der Waals surface area contributed by atoms with Gasteiger partial charge in [0.25, 0.3) is 11.8 Å². The largest absolute Gasteiger partial charge is 0.350 e. The average Bonchev–Trinajstić information content (AvgIpc) is 2.96. The first-order chi connectivity index (χ1) is 14.1. The van der Waals surface area contributed by atoms with Crippen LogP contribution < -0.4 is 10.2 Å². The van der Waals surface area contributed by atoms with Crippen LogP contribution in [0.3, 0.4) is 0 Å². The van der Waals surface area contributed by atoms with E-state index in [4.69, 9.17) is 23.2 Å². The van der Waals surface area contributed by atoms with Crippen LogP contribution in [0.4, 0.5) is 11.4 Å². The summed E-state index contributed by atoms with van der Waals surface area (Å²) in [6, 6.07) is 23.5. The van der Waals surface area contributed by atoms with Crippen LogP contribution >= 0.6 is 35.0 Å². The lowest BCUT2D eigenvalue weighted by atomic mass is 10.3. The molecular formula is C22H14Cl2N2O2S. The molecule has 7 heteroatoms. The quantitative estimate of drug-likeness (QED) is 0.495. The number of para-hydroxylation sites is 1. The second-order valence-corrected chi connectivity index (χ2v) is 8.00. The van der Waals surface area contributed by atoms with Crippen LogP contribution in [-0.4, -0.2) is 11.8 Å². The third kappa shape index (κ3) is 3.90. The number of halogens is 2. The van der Waals surface area contributed by atoms with Gasteiger partial charge in [-0.2, -0.15) is 0 Å². The molecular weight excluding hydrogens is 427 g/mol. The second kappa shape index (κ2) is 8.33. The van der Waals surface area contributed by atoms with Gasteiger partial charge in [0.2, 0.25) is 0 Å². The van der Waals surface area contributed by atoms with Crippen molar-refractivity contribution in [1.29, 1.82) is 0 Å². The minimum atomic E-state index is -0.485. The normalized spacial score (nSPS) is 13.9. The number of nitrogens with one attached hydrogen (secondary N) is 1. The van der Waals surface area contributed by atoms with Gasteiger partial charge in [-0.25, -0.2) is 4.90 Å². The second-order valence-electron chi connectivity index (χ2n) is 6.13. The molecule has 0 aromatic heterocycles. The van der Waals surface area contributed by atoms with E-state index in [1.54, 1.807) is 18.2 Å². The topological polar surface area (TPSA) is 49.4 Å². The van der Waals surface area contributed by atoms with Crippen molar-refractivity contribution < 1.29 is 9.59 Å². The van der Waals surface area contributed by atoms with Gasteiger partial charge in [0.15, 0.2) is 0 Å². The molecule has 0 bridgehead atoms. The minimum Gasteiger partial charge on any atom is -0.350 e. The lowest BCUT2D eigenvalue weighted by molar-refractivity contribution is -0.120. The number of hydrogen-bond donors (Lipinski definition) is 1. The lowest BCUT2D eigenvalue weighted by Crippen LogP contribution is -2.32. The van der Waals surface area contributed by atoms with Crippen molar-refractivity contribution in [2.45, 2.75) is 4.90 Å². The maximum Gasteiger partial charge on any atom is 0.283 e. The predicted octanol–water partition coefficient (Wildman–Crippen LogP) is 5.98. The Morgan fingerprint density at radius 2 is 1.41 bits per heavy atom. The van der Waals surface area contributed by atoms with Gasteiger partial charge < -0.3 is 5.32 Å². The van der Waals surface area contributed by atoms with Crippen molar-refractivity contribution in [1.82, 2.24) is 0 Å². The summed E-state index contributed by atoms with van der Waals surface area (Å²) in [5, 5.41) is 3.52. The highest BCUT2D eigenvalue weighted by atomic mass is 35.5. The van der Waals surface area contributed by atoms with Crippen LogP contribution in [0.25, 0.3) is 0 Å². The first-order valence-corrected chi connectivity index (χ1v) is 10.3. The fraction of sp³-hybridized carbons (Fsp3) is 0. The first kappa shape index (κ1) is 19.6. The molecule has 3 aromatic carbocycles. The fourth-order valence-corrected chi connectivity index (χ4v) is 4.20. The highest BCUT2D eigenvalue weighted by Crippen LogP contribution is 2.41. The number of nitrogens with zero attached hydrogens (tertiary/aromatic N) is 1. The Kier molecular flexibility index (Phi) is 5.62. The highest BCUT2D eigenvalue weighted by Gasteiger charge is 2.41. The Balaban J connectivity index is 1.78. The summed E-state index contributed by atoms with van der Waals surface area (Å²) in [6.07, 6.45) is 0. The molecule has 1 aliphatic heterocycles. The number of rotatable bonds is 5. The molecule has 4 nitrogen and oxygen atoms in total. The Morgan fingerprint density at radius 3 is 2.10 bits per heavy atom. The molecule has 0 saturated carbocycles. The fourth-order valence-electron chi connectivity index (χ4n) is 2.87. The summed E-state index contributed by atoms with van der Waals surface area (Å²) < 4.78 is 0. The number of imide groups is 1. The molecule has 29 heavy (non-hydrogen) atoms. The molecule has 0 radical (unpaired) electrons. The van der Waals surface area contributed by atoms with E-state index >= 15 is 0 Å². The van der Waals surface area contributed by atoms with Crippen molar-refractivity contribution in [3.05, 3.63) is 99.5 Å². The molecule has 4 rings (SSSR count). The molecule has 144 valence electrons. The van der Waals surface area contributed by atoms with Crippen molar-refractivity contribution >= 4 is 58.2 Å². The molecule has 1 heterocycles. The zero-order valence-corrected chi connectivity index (χ0v) is 17.3. The van der Waals surface area contributed by atoms with Gasteiger partial charge >= 0.3 is 0 Å². The van der Waals surface area contributed by atoms with Crippen LogP contribution in [0.15, 0.2) is 94.4 Å². The van der Waals surface area contributed by atoms with E-state index in [9.17, 15) is 9.59 Å². The first-order valence-electron chi connectivity index (χ1n) is 8.68. The SMILES string of the molecule is O=C1C(Nc2ccccc2)=C(Sc2ccccc2)C(=O)N1c1cccc(Cl)c1Cl. The van der Waals surface area contributed by atoms with E-state index in [1.807, 2.05) is 60.7 Å². The number of carbonyl (C=O) groups is 2. The van der Waals surface area contributed by atoms with Crippen molar-refractivity contribution in [2.75, 3.05) is 10.2 Å². The number of carbonyl (C=O) groups excluding carboxylic acids is 2. The predicted molar refractivity (Wildman–Crippen MR) is 118 cm³/mol. The van der Waals surface area contributed by atoms with E-state index < -0.39 is 11.8 Å². The monoisotopic (exact) mass is 440 g/mol. The van der Waals surface area contributed by atoms with Crippen molar-refractivity contribution in [2.24, 2.45) is 0 Å². The molecule has 1 N–H and O–H groups in total. The van der Waals surface area contributed by atoms with E-state index in [0.717, 1.165) is 9.80 Å². The molecule has 0 fully saturated rings. The number of hydrogen-bond acceptors (Lipinski definition) is 4. The summed E-state index contributed by atoms with van der Waals surface area (Å²) in [6.45, 7) is 0. The average molecular weight is 441 g/mol. The molecule has 0 aliphatic carbocycles. The number of amides is 2. The van der Waals surface area contributed by atoms with Crippen molar-refractivity contribution in [3.63, 3.8) is 0 Å². The van der Waals surface area contributed by atoms with E-state index in [1.165, 1.54) is 11.8 Å². The molecule has 1 aliphatic rings. The molecule has 2 amide bonds. The minimum absolute atomic E-state index is 0.154. The number of thioether (sulfide) groups is 1. The Labute approximate surface area is 182 Å². The standard InChI is InChI=1S/C22H14Cl2N2O2S/c23-16-12-7-13-17(18(16)24)26-21(27)19(25-14-8-3-1-4-9-14)20(22(26)28)29-15-10-5-2-6-11-15/h1-13,25H. The smallest absolute Gasteiger partial charge is 0.283 e. The van der Waals surface area contributed by atoms with E-state index in [-0.39, 0.29) is 21.4 Å². The van der Waals surface area contributed by atoms with Crippen molar-refractivity contribution in [3.8, 4) is 0 Å². The Hall–Kier alpha value is -2.73. The molecule has 0 atom stereocenters. The maximum atomic E-state index is 13.3. The van der Waals surface area contributed by atoms with E-state index in [2.05, 4.69) is 5.32 Å². The zero-order valence-electron chi connectivity index (χ0n) is 14.9. The third-order valence-electron chi connectivity index (χ3n) is 4.22. The van der Waals surface area contributed by atoms with Gasteiger partial charge in [-0.15, -0.1) is 0 Å². The summed E-state index contributed by atoms with van der Waals surface area (Å²) in [7, 11) is 0. The lowest BCUT2D eigenvalue weighted by Gasteiger charge is -2.17.